The predicted molar refractivity (Wildman–Crippen MR) is 136 cm³/mol. The number of rotatable bonds is 5. The van der Waals surface area contributed by atoms with Crippen LogP contribution in [-0.2, 0) is 15.8 Å². The SMILES string of the molecule is O=C(Nc1ccc(Cl)c(C(F)(F)F)c1)c1ccc(NC2=C(Cl)C(=O)N(c3cccc(Cl)c3Cl)C2=O)cc1. The molecule has 0 radical (unpaired) electrons. The number of nitrogens with zero attached hydrogens (tertiary/aromatic N) is 1. The second-order valence-electron chi connectivity index (χ2n) is 7.56. The van der Waals surface area contributed by atoms with Crippen molar-refractivity contribution in [3.05, 3.63) is 97.6 Å². The topological polar surface area (TPSA) is 78.5 Å². The highest BCUT2D eigenvalue weighted by atomic mass is 35.5. The Morgan fingerprint density at radius 1 is 0.811 bits per heavy atom. The highest BCUT2D eigenvalue weighted by Gasteiger charge is 2.40. The summed E-state index contributed by atoms with van der Waals surface area (Å²) in [6, 6.07) is 13.0. The maximum absolute atomic E-state index is 13.1. The van der Waals surface area contributed by atoms with Gasteiger partial charge in [0.1, 0.15) is 10.7 Å². The van der Waals surface area contributed by atoms with Crippen LogP contribution in [-0.4, -0.2) is 17.7 Å². The standard InChI is InChI=1S/C24H12Cl4F3N3O3/c25-15-9-8-13(10-14(15)24(29,30)31)33-21(35)11-4-6-12(7-5-11)32-20-19(28)22(36)34(23(20)37)17-3-1-2-16(26)18(17)27/h1-10,32H,(H,33,35). The minimum absolute atomic E-state index is 0.00464. The molecular formula is C24H12Cl4F3N3O3. The zero-order valence-electron chi connectivity index (χ0n) is 18.1. The number of anilines is 3. The number of benzene rings is 3. The Bertz CT molecular complexity index is 1470. The van der Waals surface area contributed by atoms with Crippen LogP contribution >= 0.6 is 46.4 Å². The van der Waals surface area contributed by atoms with E-state index in [0.717, 1.165) is 17.0 Å². The van der Waals surface area contributed by atoms with Crippen molar-refractivity contribution in [2.75, 3.05) is 15.5 Å². The van der Waals surface area contributed by atoms with E-state index >= 15 is 0 Å². The zero-order chi connectivity index (χ0) is 27.1. The first-order chi connectivity index (χ1) is 17.4. The van der Waals surface area contributed by atoms with Gasteiger partial charge in [-0.1, -0.05) is 52.5 Å². The molecule has 3 amide bonds. The van der Waals surface area contributed by atoms with E-state index in [1.807, 2.05) is 0 Å². The number of hydrogen-bond acceptors (Lipinski definition) is 4. The summed E-state index contributed by atoms with van der Waals surface area (Å²) in [5.74, 6) is -2.27. The summed E-state index contributed by atoms with van der Waals surface area (Å²) in [6.07, 6.45) is -4.69. The predicted octanol–water partition coefficient (Wildman–Crippen LogP) is 7.35. The number of imide groups is 1. The molecule has 1 aliphatic heterocycles. The fourth-order valence-electron chi connectivity index (χ4n) is 3.37. The van der Waals surface area contributed by atoms with Crippen molar-refractivity contribution >= 4 is 81.2 Å². The summed E-state index contributed by atoms with van der Waals surface area (Å²) in [7, 11) is 0. The van der Waals surface area contributed by atoms with Crippen LogP contribution < -0.4 is 15.5 Å². The molecule has 190 valence electrons. The molecule has 3 aromatic rings. The molecule has 0 saturated heterocycles. The van der Waals surface area contributed by atoms with E-state index in [4.69, 9.17) is 46.4 Å². The highest BCUT2D eigenvalue weighted by molar-refractivity contribution is 6.54. The fraction of sp³-hybridized carbons (Fsp3) is 0.0417. The van der Waals surface area contributed by atoms with Crippen molar-refractivity contribution in [2.24, 2.45) is 0 Å². The summed E-state index contributed by atoms with van der Waals surface area (Å²) >= 11 is 23.8. The Hall–Kier alpha value is -3.24. The van der Waals surface area contributed by atoms with Crippen molar-refractivity contribution in [3.8, 4) is 0 Å². The van der Waals surface area contributed by atoms with Gasteiger partial charge in [0.05, 0.1) is 26.3 Å². The summed E-state index contributed by atoms with van der Waals surface area (Å²) < 4.78 is 39.2. The van der Waals surface area contributed by atoms with Crippen molar-refractivity contribution in [3.63, 3.8) is 0 Å². The number of hydrogen-bond donors (Lipinski definition) is 2. The minimum atomic E-state index is -4.69. The molecule has 0 saturated carbocycles. The first kappa shape index (κ1) is 26.8. The van der Waals surface area contributed by atoms with E-state index < -0.39 is 34.5 Å². The Balaban J connectivity index is 1.49. The van der Waals surface area contributed by atoms with Gasteiger partial charge in [0, 0.05) is 16.9 Å². The summed E-state index contributed by atoms with van der Waals surface area (Å²) in [5, 5.41) is 4.36. The average Bonchev–Trinajstić information content (AvgIpc) is 3.05. The molecular weight excluding hydrogens is 577 g/mol. The van der Waals surface area contributed by atoms with Crippen LogP contribution in [0.4, 0.5) is 30.2 Å². The number of carbonyl (C=O) groups is 3. The van der Waals surface area contributed by atoms with Crippen LogP contribution in [0.5, 0.6) is 0 Å². The van der Waals surface area contributed by atoms with Gasteiger partial charge >= 0.3 is 6.18 Å². The third kappa shape index (κ3) is 5.40. The van der Waals surface area contributed by atoms with Crippen molar-refractivity contribution in [1.82, 2.24) is 0 Å². The van der Waals surface area contributed by atoms with E-state index in [1.54, 1.807) is 0 Å². The van der Waals surface area contributed by atoms with Gasteiger partial charge in [-0.25, -0.2) is 4.90 Å². The van der Waals surface area contributed by atoms with E-state index in [9.17, 15) is 27.6 Å². The highest BCUT2D eigenvalue weighted by Crippen LogP contribution is 2.38. The fourth-order valence-corrected chi connectivity index (χ4v) is 4.19. The minimum Gasteiger partial charge on any atom is -0.350 e. The number of carbonyl (C=O) groups excluding carboxylic acids is 3. The molecule has 0 unspecified atom stereocenters. The van der Waals surface area contributed by atoms with Crippen LogP contribution in [0.25, 0.3) is 0 Å². The molecule has 1 aliphatic rings. The molecule has 0 spiro atoms. The molecule has 37 heavy (non-hydrogen) atoms. The third-order valence-electron chi connectivity index (χ3n) is 5.15. The van der Waals surface area contributed by atoms with Crippen LogP contribution in [0, 0.1) is 0 Å². The zero-order valence-corrected chi connectivity index (χ0v) is 21.1. The van der Waals surface area contributed by atoms with Gasteiger partial charge < -0.3 is 10.6 Å². The van der Waals surface area contributed by atoms with Crippen molar-refractivity contribution < 1.29 is 27.6 Å². The molecule has 1 heterocycles. The Morgan fingerprint density at radius 2 is 1.46 bits per heavy atom. The molecule has 13 heteroatoms. The lowest BCUT2D eigenvalue weighted by atomic mass is 10.1. The van der Waals surface area contributed by atoms with Crippen LogP contribution in [0.3, 0.4) is 0 Å². The lowest BCUT2D eigenvalue weighted by molar-refractivity contribution is -0.137. The van der Waals surface area contributed by atoms with Gasteiger partial charge in [-0.2, -0.15) is 13.2 Å². The van der Waals surface area contributed by atoms with Crippen LogP contribution in [0.1, 0.15) is 15.9 Å². The number of alkyl halides is 3. The molecule has 3 aromatic carbocycles. The maximum Gasteiger partial charge on any atom is 0.417 e. The molecule has 0 fully saturated rings. The summed E-state index contributed by atoms with van der Waals surface area (Å²) in [5.41, 5.74) is -0.940. The molecule has 0 aromatic heterocycles. The number of nitrogens with one attached hydrogen (secondary N) is 2. The Morgan fingerprint density at radius 3 is 2.11 bits per heavy atom. The number of halogens is 7. The van der Waals surface area contributed by atoms with Gasteiger partial charge in [-0.15, -0.1) is 0 Å². The first-order valence-corrected chi connectivity index (χ1v) is 11.7. The van der Waals surface area contributed by atoms with E-state index in [1.165, 1.54) is 48.5 Å². The van der Waals surface area contributed by atoms with E-state index in [-0.39, 0.29) is 37.7 Å². The van der Waals surface area contributed by atoms with Crippen molar-refractivity contribution in [1.29, 1.82) is 0 Å². The van der Waals surface area contributed by atoms with Crippen molar-refractivity contribution in [2.45, 2.75) is 6.18 Å². The largest absolute Gasteiger partial charge is 0.417 e. The second kappa shape index (κ2) is 10.3. The molecule has 0 bridgehead atoms. The van der Waals surface area contributed by atoms with Gasteiger partial charge in [-0.05, 0) is 54.6 Å². The van der Waals surface area contributed by atoms with Gasteiger partial charge in [0.25, 0.3) is 17.7 Å². The Kier molecular flexibility index (Phi) is 7.43. The summed E-state index contributed by atoms with van der Waals surface area (Å²) in [4.78, 5) is 38.9. The molecule has 0 aliphatic carbocycles. The monoisotopic (exact) mass is 587 g/mol. The van der Waals surface area contributed by atoms with E-state index in [2.05, 4.69) is 10.6 Å². The molecule has 2 N–H and O–H groups in total. The second-order valence-corrected chi connectivity index (χ2v) is 9.13. The third-order valence-corrected chi connectivity index (χ3v) is 6.63. The van der Waals surface area contributed by atoms with Crippen LogP contribution in [0.15, 0.2) is 71.4 Å². The Labute approximate surface area is 227 Å². The number of amides is 3. The van der Waals surface area contributed by atoms with Gasteiger partial charge in [-0.3, -0.25) is 14.4 Å². The maximum atomic E-state index is 13.1. The first-order valence-electron chi connectivity index (χ1n) is 10.2. The lowest BCUT2D eigenvalue weighted by Crippen LogP contribution is -2.32. The lowest BCUT2D eigenvalue weighted by Gasteiger charge is -2.17. The molecule has 4 rings (SSSR count). The molecule has 0 atom stereocenters. The smallest absolute Gasteiger partial charge is 0.350 e. The van der Waals surface area contributed by atoms with E-state index in [0.29, 0.717) is 5.69 Å². The van der Waals surface area contributed by atoms with Gasteiger partial charge in [0.15, 0.2) is 0 Å². The molecule has 6 nitrogen and oxygen atoms in total. The average molecular weight is 589 g/mol. The van der Waals surface area contributed by atoms with Crippen LogP contribution in [0.2, 0.25) is 15.1 Å². The summed E-state index contributed by atoms with van der Waals surface area (Å²) in [6.45, 7) is 0. The quantitative estimate of drug-likeness (QED) is 0.305. The van der Waals surface area contributed by atoms with Gasteiger partial charge in [0.2, 0.25) is 0 Å². The normalized spacial score (nSPS) is 13.9.